The Morgan fingerprint density at radius 1 is 1.17 bits per heavy atom. The molecule has 0 radical (unpaired) electrons. The highest BCUT2D eigenvalue weighted by Gasteiger charge is 2.37. The Bertz CT molecular complexity index is 1020. The molecular weight excluding hydrogens is 436 g/mol. The highest BCUT2D eigenvalue weighted by Crippen LogP contribution is 2.29. The van der Waals surface area contributed by atoms with Crippen LogP contribution in [0.4, 0.5) is 10.5 Å². The molecule has 1 heterocycles. The van der Waals surface area contributed by atoms with Gasteiger partial charge in [-0.25, -0.2) is 9.69 Å². The fourth-order valence-corrected chi connectivity index (χ4v) is 3.35. The average molecular weight is 457 g/mol. The maximum Gasteiger partial charge on any atom is 0.335 e. The van der Waals surface area contributed by atoms with Gasteiger partial charge in [0.2, 0.25) is 0 Å². The van der Waals surface area contributed by atoms with E-state index in [9.17, 15) is 14.4 Å². The Balaban J connectivity index is 1.95. The van der Waals surface area contributed by atoms with Crippen LogP contribution in [0, 0.1) is 6.92 Å². The lowest BCUT2D eigenvalue weighted by atomic mass is 10.1. The van der Waals surface area contributed by atoms with Crippen LogP contribution >= 0.6 is 15.9 Å². The van der Waals surface area contributed by atoms with Crippen molar-refractivity contribution in [2.24, 2.45) is 0 Å². The summed E-state index contributed by atoms with van der Waals surface area (Å²) in [7, 11) is 0. The molecule has 7 heteroatoms. The number of benzene rings is 2. The Morgan fingerprint density at radius 3 is 2.55 bits per heavy atom. The first kappa shape index (κ1) is 20.8. The minimum absolute atomic E-state index is 0.0647. The minimum Gasteiger partial charge on any atom is -0.490 e. The lowest BCUT2D eigenvalue weighted by molar-refractivity contribution is -0.122. The first-order chi connectivity index (χ1) is 13.8. The summed E-state index contributed by atoms with van der Waals surface area (Å²) >= 11 is 3.46. The molecule has 0 aliphatic carbocycles. The van der Waals surface area contributed by atoms with Gasteiger partial charge in [-0.3, -0.25) is 14.9 Å². The number of ether oxygens (including phenoxy) is 1. The van der Waals surface area contributed by atoms with Gasteiger partial charge < -0.3 is 4.74 Å². The summed E-state index contributed by atoms with van der Waals surface area (Å²) in [6, 6.07) is 11.5. The number of para-hydroxylation sites is 1. The molecule has 2 aromatic rings. The van der Waals surface area contributed by atoms with Gasteiger partial charge in [-0.2, -0.15) is 0 Å². The molecule has 1 aliphatic rings. The van der Waals surface area contributed by atoms with Crippen LogP contribution < -0.4 is 15.0 Å². The maximum atomic E-state index is 13.0. The summed E-state index contributed by atoms with van der Waals surface area (Å²) in [6.45, 7) is 5.81. The lowest BCUT2D eigenvalue weighted by Crippen LogP contribution is -2.54. The zero-order chi connectivity index (χ0) is 21.1. The number of hydrogen-bond donors (Lipinski definition) is 1. The lowest BCUT2D eigenvalue weighted by Gasteiger charge is -2.27. The number of hydrogen-bond acceptors (Lipinski definition) is 4. The highest BCUT2D eigenvalue weighted by molar-refractivity contribution is 9.10. The molecule has 1 N–H and O–H groups in total. The molecule has 0 saturated carbocycles. The second-order valence-corrected chi connectivity index (χ2v) is 7.63. The molecular formula is C22H21BrN2O4. The van der Waals surface area contributed by atoms with E-state index in [1.165, 1.54) is 6.08 Å². The van der Waals surface area contributed by atoms with Crippen LogP contribution in [-0.4, -0.2) is 23.9 Å². The summed E-state index contributed by atoms with van der Waals surface area (Å²) < 4.78 is 6.53. The van der Waals surface area contributed by atoms with E-state index in [2.05, 4.69) is 21.2 Å². The second-order valence-electron chi connectivity index (χ2n) is 6.77. The second kappa shape index (κ2) is 8.61. The van der Waals surface area contributed by atoms with Gasteiger partial charge >= 0.3 is 6.03 Å². The number of urea groups is 1. The number of nitrogens with one attached hydrogen (secondary N) is 1. The van der Waals surface area contributed by atoms with E-state index in [0.29, 0.717) is 21.5 Å². The van der Waals surface area contributed by atoms with Crippen LogP contribution in [0.25, 0.3) is 6.08 Å². The van der Waals surface area contributed by atoms with E-state index in [1.807, 2.05) is 19.9 Å². The summed E-state index contributed by atoms with van der Waals surface area (Å²) in [5.41, 5.74) is 1.70. The fourth-order valence-electron chi connectivity index (χ4n) is 2.86. The molecule has 1 saturated heterocycles. The fraction of sp³-hybridized carbons (Fsp3) is 0.227. The molecule has 0 spiro atoms. The normalized spacial score (nSPS) is 16.8. The number of aryl methyl sites for hydroxylation is 1. The van der Waals surface area contributed by atoms with Crippen molar-refractivity contribution in [1.29, 1.82) is 0 Å². The molecule has 1 atom stereocenters. The van der Waals surface area contributed by atoms with Crippen molar-refractivity contribution in [1.82, 2.24) is 5.32 Å². The van der Waals surface area contributed by atoms with Crippen LogP contribution in [0.3, 0.4) is 0 Å². The number of halogens is 1. The van der Waals surface area contributed by atoms with E-state index >= 15 is 0 Å². The standard InChI is InChI=1S/C22H21BrN2O4/c1-4-14(3)29-19-10-9-15(12-17(19)23)11-16-20(26)24-22(28)25(21(16)27)18-8-6-5-7-13(18)2/h5-12,14H,4H2,1-3H3,(H,24,26,28)/b16-11+. The Labute approximate surface area is 177 Å². The Kier molecular flexibility index (Phi) is 6.17. The number of amides is 4. The summed E-state index contributed by atoms with van der Waals surface area (Å²) in [4.78, 5) is 38.6. The van der Waals surface area contributed by atoms with Gasteiger partial charge in [-0.1, -0.05) is 31.2 Å². The quantitative estimate of drug-likeness (QED) is 0.526. The number of barbiturate groups is 1. The van der Waals surface area contributed by atoms with Gasteiger partial charge in [-0.15, -0.1) is 0 Å². The molecule has 1 unspecified atom stereocenters. The predicted molar refractivity (Wildman–Crippen MR) is 115 cm³/mol. The molecule has 150 valence electrons. The molecule has 2 aromatic carbocycles. The first-order valence-electron chi connectivity index (χ1n) is 9.25. The van der Waals surface area contributed by atoms with Crippen molar-refractivity contribution in [2.45, 2.75) is 33.3 Å². The van der Waals surface area contributed by atoms with E-state index in [1.54, 1.807) is 43.3 Å². The summed E-state index contributed by atoms with van der Waals surface area (Å²) in [5, 5.41) is 2.24. The summed E-state index contributed by atoms with van der Waals surface area (Å²) in [5.74, 6) is -0.706. The minimum atomic E-state index is -0.759. The maximum absolute atomic E-state index is 13.0. The molecule has 4 amide bonds. The predicted octanol–water partition coefficient (Wildman–Crippen LogP) is 4.60. The van der Waals surface area contributed by atoms with Crippen LogP contribution in [0.5, 0.6) is 5.75 Å². The van der Waals surface area contributed by atoms with Crippen molar-refractivity contribution < 1.29 is 19.1 Å². The number of anilines is 1. The SMILES string of the molecule is CCC(C)Oc1ccc(/C=C2\C(=O)NC(=O)N(c3ccccc3C)C2=O)cc1Br. The first-order valence-corrected chi connectivity index (χ1v) is 10.0. The third kappa shape index (κ3) is 4.40. The number of carbonyl (C=O) groups excluding carboxylic acids is 3. The van der Waals surface area contributed by atoms with E-state index in [4.69, 9.17) is 4.74 Å². The van der Waals surface area contributed by atoms with Gasteiger partial charge in [-0.05, 0) is 71.6 Å². The number of imide groups is 2. The van der Waals surface area contributed by atoms with Gasteiger partial charge in [0.05, 0.1) is 16.3 Å². The Morgan fingerprint density at radius 2 is 1.90 bits per heavy atom. The largest absolute Gasteiger partial charge is 0.490 e. The van der Waals surface area contributed by atoms with Crippen molar-refractivity contribution in [3.63, 3.8) is 0 Å². The third-order valence-electron chi connectivity index (χ3n) is 4.63. The smallest absolute Gasteiger partial charge is 0.335 e. The van der Waals surface area contributed by atoms with Gasteiger partial charge in [0, 0.05) is 0 Å². The van der Waals surface area contributed by atoms with Gasteiger partial charge in [0.25, 0.3) is 11.8 Å². The van der Waals surface area contributed by atoms with Crippen molar-refractivity contribution in [2.75, 3.05) is 4.90 Å². The van der Waals surface area contributed by atoms with Gasteiger partial charge in [0.1, 0.15) is 11.3 Å². The zero-order valence-electron chi connectivity index (χ0n) is 16.4. The monoisotopic (exact) mass is 456 g/mol. The van der Waals surface area contributed by atoms with Crippen LogP contribution in [0.15, 0.2) is 52.5 Å². The highest BCUT2D eigenvalue weighted by atomic mass is 79.9. The molecule has 29 heavy (non-hydrogen) atoms. The number of carbonyl (C=O) groups is 3. The molecule has 6 nitrogen and oxygen atoms in total. The number of rotatable bonds is 5. The molecule has 3 rings (SSSR count). The van der Waals surface area contributed by atoms with E-state index in [0.717, 1.165) is 16.9 Å². The zero-order valence-corrected chi connectivity index (χ0v) is 17.9. The molecule has 1 fully saturated rings. The molecule has 0 aromatic heterocycles. The molecule has 0 bridgehead atoms. The summed E-state index contributed by atoms with van der Waals surface area (Å²) in [6.07, 6.45) is 2.40. The van der Waals surface area contributed by atoms with Crippen molar-refractivity contribution in [3.05, 3.63) is 63.6 Å². The van der Waals surface area contributed by atoms with Crippen molar-refractivity contribution >= 4 is 45.5 Å². The van der Waals surface area contributed by atoms with Crippen molar-refractivity contribution in [3.8, 4) is 5.75 Å². The topological polar surface area (TPSA) is 75.7 Å². The van der Waals surface area contributed by atoms with E-state index < -0.39 is 17.8 Å². The molecule has 1 aliphatic heterocycles. The Hall–Kier alpha value is -2.93. The van der Waals surface area contributed by atoms with Gasteiger partial charge in [0.15, 0.2) is 0 Å². The third-order valence-corrected chi connectivity index (χ3v) is 5.25. The average Bonchev–Trinajstić information content (AvgIpc) is 2.68. The van der Waals surface area contributed by atoms with Crippen LogP contribution in [-0.2, 0) is 9.59 Å². The van der Waals surface area contributed by atoms with Crippen LogP contribution in [0.2, 0.25) is 0 Å². The van der Waals surface area contributed by atoms with Crippen LogP contribution in [0.1, 0.15) is 31.4 Å². The number of nitrogens with zero attached hydrogens (tertiary/aromatic N) is 1. The van der Waals surface area contributed by atoms with E-state index in [-0.39, 0.29) is 11.7 Å².